The van der Waals surface area contributed by atoms with Gasteiger partial charge in [0.15, 0.2) is 23.3 Å². The Bertz CT molecular complexity index is 1220. The molecule has 184 valence electrons. The van der Waals surface area contributed by atoms with E-state index in [1.54, 1.807) is 30.3 Å². The third-order valence-electron chi connectivity index (χ3n) is 6.07. The maximum Gasteiger partial charge on any atom is 0.249 e. The van der Waals surface area contributed by atoms with Crippen LogP contribution in [0.2, 0.25) is 0 Å². The van der Waals surface area contributed by atoms with Crippen LogP contribution in [0.5, 0.6) is 5.75 Å². The van der Waals surface area contributed by atoms with E-state index < -0.39 is 17.5 Å². The second-order valence-electron chi connectivity index (χ2n) is 8.31. The van der Waals surface area contributed by atoms with Gasteiger partial charge < -0.3 is 19.9 Å². The van der Waals surface area contributed by atoms with Crippen molar-refractivity contribution < 1.29 is 22.7 Å². The van der Waals surface area contributed by atoms with Crippen LogP contribution < -0.4 is 19.9 Å². The molecule has 35 heavy (non-hydrogen) atoms. The van der Waals surface area contributed by atoms with Crippen molar-refractivity contribution in [2.24, 2.45) is 0 Å². The van der Waals surface area contributed by atoms with Gasteiger partial charge in [-0.3, -0.25) is 4.79 Å². The number of nitrogens with zero attached hydrogens (tertiary/aromatic N) is 4. The van der Waals surface area contributed by atoms with Gasteiger partial charge in [0.05, 0.1) is 6.20 Å². The molecule has 7 nitrogen and oxygen atoms in total. The molecule has 1 aromatic heterocycles. The largest absolute Gasteiger partial charge is 0.489 e. The van der Waals surface area contributed by atoms with Crippen molar-refractivity contribution in [3.63, 3.8) is 0 Å². The first-order valence-corrected chi connectivity index (χ1v) is 10.9. The van der Waals surface area contributed by atoms with Crippen molar-refractivity contribution in [2.45, 2.75) is 39.5 Å². The molecule has 0 radical (unpaired) electrons. The highest BCUT2D eigenvalue weighted by atomic mass is 19.2. The fourth-order valence-corrected chi connectivity index (χ4v) is 4.26. The number of amides is 1. The first kappa shape index (κ1) is 24.3. The van der Waals surface area contributed by atoms with Gasteiger partial charge in [-0.15, -0.1) is 0 Å². The standard InChI is InChI=1S/C24H22F3N5O2.CH4/c1-31-20-12-29-24(30-22(20)32-8-2-3-19(32)23(31)33)28-11-14-4-6-16(7-5-14)34-13-15-9-17(25)21(27)18(26)10-15;/h4-7,9-10,12,19H,2-3,8,11,13H2,1H3,(H,28,29,30);1H4/t19-;/m0./s1. The maximum absolute atomic E-state index is 13.3. The van der Waals surface area contributed by atoms with Gasteiger partial charge in [0.25, 0.3) is 0 Å². The van der Waals surface area contributed by atoms with Crippen molar-refractivity contribution in [1.29, 1.82) is 0 Å². The number of halogens is 3. The third-order valence-corrected chi connectivity index (χ3v) is 6.07. The molecule has 2 aromatic carbocycles. The van der Waals surface area contributed by atoms with Crippen molar-refractivity contribution in [2.75, 3.05) is 28.7 Å². The number of likely N-dealkylation sites (N-methyl/N-ethyl adjacent to an activating group) is 1. The fraction of sp³-hybridized carbons (Fsp3) is 0.320. The van der Waals surface area contributed by atoms with Gasteiger partial charge in [0, 0.05) is 20.1 Å². The first-order chi connectivity index (χ1) is 16.4. The molecule has 1 N–H and O–H groups in total. The first-order valence-electron chi connectivity index (χ1n) is 10.9. The molecule has 1 amide bonds. The molecule has 0 spiro atoms. The van der Waals surface area contributed by atoms with Crippen LogP contribution in [-0.2, 0) is 17.9 Å². The average molecular weight is 486 g/mol. The Hall–Kier alpha value is -3.82. The number of nitrogens with one attached hydrogen (secondary N) is 1. The molecule has 2 aliphatic heterocycles. The van der Waals surface area contributed by atoms with Gasteiger partial charge in [-0.2, -0.15) is 4.98 Å². The predicted octanol–water partition coefficient (Wildman–Crippen LogP) is 4.67. The van der Waals surface area contributed by atoms with Gasteiger partial charge in [-0.25, -0.2) is 18.2 Å². The number of hydrogen-bond donors (Lipinski definition) is 1. The fourth-order valence-electron chi connectivity index (χ4n) is 4.26. The summed E-state index contributed by atoms with van der Waals surface area (Å²) in [7, 11) is 1.75. The van der Waals surface area contributed by atoms with E-state index in [0.29, 0.717) is 23.9 Å². The quantitative estimate of drug-likeness (QED) is 0.512. The zero-order valence-corrected chi connectivity index (χ0v) is 18.4. The zero-order valence-electron chi connectivity index (χ0n) is 18.4. The number of anilines is 3. The average Bonchev–Trinajstić information content (AvgIpc) is 3.34. The molecule has 3 aromatic rings. The van der Waals surface area contributed by atoms with Gasteiger partial charge in [0.2, 0.25) is 11.9 Å². The summed E-state index contributed by atoms with van der Waals surface area (Å²) in [6, 6.07) is 8.81. The lowest BCUT2D eigenvalue weighted by molar-refractivity contribution is -0.119. The molecule has 0 saturated carbocycles. The molecule has 2 aliphatic rings. The van der Waals surface area contributed by atoms with Gasteiger partial charge in [0.1, 0.15) is 24.1 Å². The number of benzene rings is 2. The van der Waals surface area contributed by atoms with E-state index in [0.717, 1.165) is 42.9 Å². The molecular weight excluding hydrogens is 459 g/mol. The van der Waals surface area contributed by atoms with Crippen LogP contribution in [0, 0.1) is 17.5 Å². The number of aromatic nitrogens is 2. The minimum Gasteiger partial charge on any atom is -0.489 e. The monoisotopic (exact) mass is 485 g/mol. The SMILES string of the molecule is C.CN1C(=O)[C@@H]2CCCN2c2nc(NCc3ccc(OCc4cc(F)c(F)c(F)c4)cc3)ncc21. The maximum atomic E-state index is 13.3. The van der Waals surface area contributed by atoms with Crippen LogP contribution in [0.3, 0.4) is 0 Å². The summed E-state index contributed by atoms with van der Waals surface area (Å²) in [5.74, 6) is -2.18. The van der Waals surface area contributed by atoms with Crippen LogP contribution in [0.1, 0.15) is 31.4 Å². The highest BCUT2D eigenvalue weighted by Gasteiger charge is 2.40. The Balaban J connectivity index is 0.00000289. The third kappa shape index (κ3) is 4.73. The summed E-state index contributed by atoms with van der Waals surface area (Å²) in [4.78, 5) is 25.2. The van der Waals surface area contributed by atoms with Gasteiger partial charge in [-0.05, 0) is 48.2 Å². The second kappa shape index (κ2) is 9.81. The Morgan fingerprint density at radius 1 is 1.11 bits per heavy atom. The Kier molecular flexibility index (Phi) is 6.81. The Morgan fingerprint density at radius 2 is 1.83 bits per heavy atom. The Morgan fingerprint density at radius 3 is 2.54 bits per heavy atom. The van der Waals surface area contributed by atoms with Crippen LogP contribution in [-0.4, -0.2) is 35.5 Å². The summed E-state index contributed by atoms with van der Waals surface area (Å²) in [5, 5.41) is 3.20. The van der Waals surface area contributed by atoms with Gasteiger partial charge in [-0.1, -0.05) is 19.6 Å². The minimum atomic E-state index is -1.50. The number of hydrogen-bond acceptors (Lipinski definition) is 6. The molecule has 0 unspecified atom stereocenters. The lowest BCUT2D eigenvalue weighted by Gasteiger charge is -2.36. The molecule has 3 heterocycles. The molecule has 10 heteroatoms. The van der Waals surface area contributed by atoms with E-state index in [9.17, 15) is 18.0 Å². The number of carbonyl (C=O) groups is 1. The van der Waals surface area contributed by atoms with Crippen LogP contribution in [0.15, 0.2) is 42.6 Å². The van der Waals surface area contributed by atoms with Crippen molar-refractivity contribution >= 4 is 23.4 Å². The van der Waals surface area contributed by atoms with E-state index in [1.165, 1.54) is 0 Å². The summed E-state index contributed by atoms with van der Waals surface area (Å²) >= 11 is 0. The summed E-state index contributed by atoms with van der Waals surface area (Å²) < 4.78 is 45.3. The zero-order chi connectivity index (χ0) is 23.8. The summed E-state index contributed by atoms with van der Waals surface area (Å²) in [6.07, 6.45) is 3.44. The molecular formula is C25H26F3N5O2. The van der Waals surface area contributed by atoms with E-state index in [2.05, 4.69) is 20.2 Å². The molecule has 1 fully saturated rings. The summed E-state index contributed by atoms with van der Waals surface area (Å²) in [5.41, 5.74) is 1.84. The molecule has 0 aliphatic carbocycles. The molecule has 1 atom stereocenters. The van der Waals surface area contributed by atoms with Crippen molar-refractivity contribution in [3.05, 3.63) is 71.2 Å². The van der Waals surface area contributed by atoms with Crippen molar-refractivity contribution in [1.82, 2.24) is 9.97 Å². The smallest absolute Gasteiger partial charge is 0.249 e. The molecule has 5 rings (SSSR count). The van der Waals surface area contributed by atoms with E-state index in [1.807, 2.05) is 12.1 Å². The number of fused-ring (bicyclic) bond motifs is 3. The second-order valence-corrected chi connectivity index (χ2v) is 8.31. The lowest BCUT2D eigenvalue weighted by atomic mass is 10.1. The van der Waals surface area contributed by atoms with Gasteiger partial charge >= 0.3 is 0 Å². The van der Waals surface area contributed by atoms with Crippen LogP contribution in [0.4, 0.5) is 30.6 Å². The number of rotatable bonds is 6. The Labute approximate surface area is 201 Å². The molecule has 0 bridgehead atoms. The number of ether oxygens (including phenoxy) is 1. The van der Waals surface area contributed by atoms with Crippen LogP contribution in [0.25, 0.3) is 0 Å². The summed E-state index contributed by atoms with van der Waals surface area (Å²) in [6.45, 7) is 1.17. The normalized spacial score (nSPS) is 16.5. The van der Waals surface area contributed by atoms with E-state index in [-0.39, 0.29) is 31.5 Å². The predicted molar refractivity (Wildman–Crippen MR) is 127 cm³/mol. The lowest BCUT2D eigenvalue weighted by Crippen LogP contribution is -2.49. The topological polar surface area (TPSA) is 70.6 Å². The number of carbonyl (C=O) groups excluding carboxylic acids is 1. The minimum absolute atomic E-state index is 0. The van der Waals surface area contributed by atoms with Crippen molar-refractivity contribution in [3.8, 4) is 5.75 Å². The highest BCUT2D eigenvalue weighted by molar-refractivity contribution is 6.04. The highest BCUT2D eigenvalue weighted by Crippen LogP contribution is 2.37. The molecule has 1 saturated heterocycles. The van der Waals surface area contributed by atoms with E-state index in [4.69, 9.17) is 4.74 Å². The van der Waals surface area contributed by atoms with Crippen LogP contribution >= 0.6 is 0 Å². The van der Waals surface area contributed by atoms with E-state index >= 15 is 0 Å².